The van der Waals surface area contributed by atoms with Crippen LogP contribution in [0.3, 0.4) is 0 Å². The van der Waals surface area contributed by atoms with Crippen molar-refractivity contribution >= 4 is 21.6 Å². The van der Waals surface area contributed by atoms with Crippen LogP contribution in [0.5, 0.6) is 0 Å². The third-order valence-electron chi connectivity index (χ3n) is 2.59. The molecule has 2 rings (SSSR count). The minimum absolute atomic E-state index is 0.0416. The van der Waals surface area contributed by atoms with Crippen LogP contribution in [0.1, 0.15) is 11.1 Å². The third-order valence-corrected chi connectivity index (χ3v) is 3.24. The SMILES string of the molecule is N#Cc1c(F)cccc1NCc1ccc(Br)c(F)c1. The standard InChI is InChI=1S/C14H9BrF2N2/c15-11-5-4-9(6-13(11)17)8-19-14-3-1-2-12(16)10(14)7-18/h1-6,19H,8H2. The Labute approximate surface area is 117 Å². The van der Waals surface area contributed by atoms with Gasteiger partial charge in [0.05, 0.1) is 10.2 Å². The molecule has 0 aromatic heterocycles. The molecule has 2 aromatic rings. The van der Waals surface area contributed by atoms with Crippen molar-refractivity contribution in [3.63, 3.8) is 0 Å². The van der Waals surface area contributed by atoms with E-state index < -0.39 is 5.82 Å². The maximum Gasteiger partial charge on any atom is 0.143 e. The third kappa shape index (κ3) is 3.09. The number of hydrogen-bond donors (Lipinski definition) is 1. The average Bonchev–Trinajstić information content (AvgIpc) is 2.40. The fraction of sp³-hybridized carbons (Fsp3) is 0.0714. The van der Waals surface area contributed by atoms with Crippen LogP contribution in [0.4, 0.5) is 14.5 Å². The van der Waals surface area contributed by atoms with E-state index in [1.54, 1.807) is 24.3 Å². The van der Waals surface area contributed by atoms with Crippen molar-refractivity contribution in [3.8, 4) is 6.07 Å². The molecule has 0 fully saturated rings. The molecule has 1 N–H and O–H groups in total. The highest BCUT2D eigenvalue weighted by molar-refractivity contribution is 9.10. The van der Waals surface area contributed by atoms with Gasteiger partial charge < -0.3 is 5.32 Å². The molecule has 0 saturated heterocycles. The molecule has 0 aliphatic carbocycles. The number of hydrogen-bond acceptors (Lipinski definition) is 2. The molecule has 0 unspecified atom stereocenters. The Hall–Kier alpha value is -1.93. The van der Waals surface area contributed by atoms with Crippen molar-refractivity contribution in [3.05, 3.63) is 63.6 Å². The van der Waals surface area contributed by atoms with Crippen molar-refractivity contribution in [1.82, 2.24) is 0 Å². The second-order valence-corrected chi connectivity index (χ2v) is 4.73. The molecule has 0 saturated carbocycles. The lowest BCUT2D eigenvalue weighted by Gasteiger charge is -2.09. The fourth-order valence-corrected chi connectivity index (χ4v) is 1.88. The van der Waals surface area contributed by atoms with E-state index in [1.165, 1.54) is 18.2 Å². The summed E-state index contributed by atoms with van der Waals surface area (Å²) in [5.74, 6) is -0.937. The largest absolute Gasteiger partial charge is 0.380 e. The lowest BCUT2D eigenvalue weighted by Crippen LogP contribution is -2.02. The van der Waals surface area contributed by atoms with Gasteiger partial charge in [-0.3, -0.25) is 0 Å². The van der Waals surface area contributed by atoms with Crippen LogP contribution in [-0.4, -0.2) is 0 Å². The first-order valence-corrected chi connectivity index (χ1v) is 6.27. The first-order valence-electron chi connectivity index (χ1n) is 5.48. The van der Waals surface area contributed by atoms with Crippen LogP contribution in [0.25, 0.3) is 0 Å². The number of benzene rings is 2. The number of halogens is 3. The first kappa shape index (κ1) is 13.5. The van der Waals surface area contributed by atoms with Crippen LogP contribution in [0.2, 0.25) is 0 Å². The number of anilines is 1. The molecule has 0 radical (unpaired) electrons. The molecule has 5 heteroatoms. The van der Waals surface area contributed by atoms with E-state index in [4.69, 9.17) is 5.26 Å². The second-order valence-electron chi connectivity index (χ2n) is 3.88. The minimum atomic E-state index is -0.575. The summed E-state index contributed by atoms with van der Waals surface area (Å²) in [4.78, 5) is 0. The summed E-state index contributed by atoms with van der Waals surface area (Å²) in [5, 5.41) is 11.8. The van der Waals surface area contributed by atoms with E-state index in [1.807, 2.05) is 0 Å². The fourth-order valence-electron chi connectivity index (χ4n) is 1.63. The van der Waals surface area contributed by atoms with Gasteiger partial charge in [-0.05, 0) is 45.8 Å². The Morgan fingerprint density at radius 3 is 2.63 bits per heavy atom. The van der Waals surface area contributed by atoms with Crippen molar-refractivity contribution in [1.29, 1.82) is 5.26 Å². The molecule has 0 spiro atoms. The monoisotopic (exact) mass is 322 g/mol. The van der Waals surface area contributed by atoms with Gasteiger partial charge in [0.15, 0.2) is 0 Å². The van der Waals surface area contributed by atoms with E-state index in [-0.39, 0.29) is 11.4 Å². The molecule has 0 aliphatic rings. The van der Waals surface area contributed by atoms with Crippen molar-refractivity contribution in [2.45, 2.75) is 6.54 Å². The van der Waals surface area contributed by atoms with Crippen LogP contribution in [0.15, 0.2) is 40.9 Å². The van der Waals surface area contributed by atoms with Gasteiger partial charge in [-0.25, -0.2) is 8.78 Å². The second kappa shape index (κ2) is 5.81. The van der Waals surface area contributed by atoms with Gasteiger partial charge >= 0.3 is 0 Å². The van der Waals surface area contributed by atoms with Crippen molar-refractivity contribution < 1.29 is 8.78 Å². The quantitative estimate of drug-likeness (QED) is 0.918. The van der Waals surface area contributed by atoms with E-state index in [2.05, 4.69) is 21.2 Å². The summed E-state index contributed by atoms with van der Waals surface area (Å²) in [6.45, 7) is 0.308. The topological polar surface area (TPSA) is 35.8 Å². The van der Waals surface area contributed by atoms with Gasteiger partial charge in [0.1, 0.15) is 23.3 Å². The maximum absolute atomic E-state index is 13.4. The van der Waals surface area contributed by atoms with Crippen molar-refractivity contribution in [2.75, 3.05) is 5.32 Å². The number of nitriles is 1. The Balaban J connectivity index is 2.17. The molecule has 0 bridgehead atoms. The predicted octanol–water partition coefficient (Wildman–Crippen LogP) is 4.21. The normalized spacial score (nSPS) is 10.0. The van der Waals surface area contributed by atoms with Crippen LogP contribution in [0, 0.1) is 23.0 Å². The molecule has 19 heavy (non-hydrogen) atoms. The predicted molar refractivity (Wildman–Crippen MR) is 72.5 cm³/mol. The molecule has 0 aliphatic heterocycles. The van der Waals surface area contributed by atoms with E-state index >= 15 is 0 Å². The highest BCUT2D eigenvalue weighted by Gasteiger charge is 2.07. The summed E-state index contributed by atoms with van der Waals surface area (Å²) in [5.41, 5.74) is 1.06. The van der Waals surface area contributed by atoms with E-state index in [0.717, 1.165) is 0 Å². The molecular formula is C14H9BrF2N2. The average molecular weight is 323 g/mol. The summed E-state index contributed by atoms with van der Waals surface area (Å²) in [7, 11) is 0. The van der Waals surface area contributed by atoms with Crippen LogP contribution < -0.4 is 5.32 Å². The number of nitrogens with one attached hydrogen (secondary N) is 1. The van der Waals surface area contributed by atoms with Gasteiger partial charge in [-0.1, -0.05) is 12.1 Å². The number of rotatable bonds is 3. The number of nitrogens with zero attached hydrogens (tertiary/aromatic N) is 1. The van der Waals surface area contributed by atoms with Gasteiger partial charge in [0.25, 0.3) is 0 Å². The summed E-state index contributed by atoms with van der Waals surface area (Å²) in [6.07, 6.45) is 0. The summed E-state index contributed by atoms with van der Waals surface area (Å²) >= 11 is 3.07. The Kier molecular flexibility index (Phi) is 4.13. The van der Waals surface area contributed by atoms with Gasteiger partial charge in [0, 0.05) is 6.54 Å². The highest BCUT2D eigenvalue weighted by Crippen LogP contribution is 2.20. The van der Waals surface area contributed by atoms with Gasteiger partial charge in [-0.15, -0.1) is 0 Å². The molecule has 0 amide bonds. The first-order chi connectivity index (χ1) is 9.11. The zero-order chi connectivity index (χ0) is 13.8. The van der Waals surface area contributed by atoms with Crippen LogP contribution >= 0.6 is 15.9 Å². The molecule has 96 valence electrons. The Morgan fingerprint density at radius 1 is 1.16 bits per heavy atom. The Bertz CT molecular complexity index is 650. The molecular weight excluding hydrogens is 314 g/mol. The summed E-state index contributed by atoms with van der Waals surface area (Å²) in [6, 6.07) is 10.9. The van der Waals surface area contributed by atoms with Gasteiger partial charge in [0.2, 0.25) is 0 Å². The van der Waals surface area contributed by atoms with E-state index in [9.17, 15) is 8.78 Å². The summed E-state index contributed by atoms with van der Waals surface area (Å²) < 4.78 is 27.1. The molecule has 2 nitrogen and oxygen atoms in total. The minimum Gasteiger partial charge on any atom is -0.380 e. The highest BCUT2D eigenvalue weighted by atomic mass is 79.9. The van der Waals surface area contributed by atoms with Gasteiger partial charge in [-0.2, -0.15) is 5.26 Å². The molecule has 0 heterocycles. The smallest absolute Gasteiger partial charge is 0.143 e. The molecule has 2 aromatic carbocycles. The zero-order valence-electron chi connectivity index (χ0n) is 9.75. The lowest BCUT2D eigenvalue weighted by atomic mass is 10.1. The van der Waals surface area contributed by atoms with E-state index in [0.29, 0.717) is 22.3 Å². The van der Waals surface area contributed by atoms with Crippen molar-refractivity contribution in [2.24, 2.45) is 0 Å². The van der Waals surface area contributed by atoms with Crippen LogP contribution in [-0.2, 0) is 6.54 Å². The lowest BCUT2D eigenvalue weighted by molar-refractivity contribution is 0.618. The molecule has 0 atom stereocenters. The Morgan fingerprint density at radius 2 is 1.95 bits per heavy atom. The maximum atomic E-state index is 13.4. The zero-order valence-corrected chi connectivity index (χ0v) is 11.3.